The zero-order valence-electron chi connectivity index (χ0n) is 19.5. The van der Waals surface area contributed by atoms with Gasteiger partial charge < -0.3 is 11.1 Å². The second-order valence-corrected chi connectivity index (χ2v) is 12.5. The Morgan fingerprint density at radius 1 is 1.21 bits per heavy atom. The van der Waals surface area contributed by atoms with Crippen LogP contribution in [0.15, 0.2) is 6.07 Å². The van der Waals surface area contributed by atoms with Crippen molar-refractivity contribution in [3.63, 3.8) is 0 Å². The van der Waals surface area contributed by atoms with Crippen LogP contribution in [0.4, 0.5) is 10.7 Å². The van der Waals surface area contributed by atoms with Gasteiger partial charge in [0.25, 0.3) is 5.91 Å². The highest BCUT2D eigenvalue weighted by Gasteiger charge is 2.32. The topological polar surface area (TPSA) is 91.8 Å². The molecule has 33 heavy (non-hydrogen) atoms. The molecule has 0 radical (unpaired) electrons. The van der Waals surface area contributed by atoms with Gasteiger partial charge in [-0.1, -0.05) is 27.2 Å². The minimum Gasteiger partial charge on any atom is -0.397 e. The van der Waals surface area contributed by atoms with Crippen LogP contribution in [0, 0.1) is 22.7 Å². The van der Waals surface area contributed by atoms with Crippen molar-refractivity contribution in [3.8, 4) is 6.07 Å². The van der Waals surface area contributed by atoms with E-state index in [-0.39, 0.29) is 11.3 Å². The molecule has 5 rings (SSSR count). The summed E-state index contributed by atoms with van der Waals surface area (Å²) in [5, 5.41) is 14.4. The van der Waals surface area contributed by atoms with E-state index in [9.17, 15) is 10.1 Å². The van der Waals surface area contributed by atoms with Crippen LogP contribution in [-0.2, 0) is 25.7 Å². The van der Waals surface area contributed by atoms with Crippen molar-refractivity contribution >= 4 is 49.5 Å². The van der Waals surface area contributed by atoms with Gasteiger partial charge in [0.05, 0.1) is 11.3 Å². The predicted molar refractivity (Wildman–Crippen MR) is 137 cm³/mol. The van der Waals surface area contributed by atoms with Crippen molar-refractivity contribution in [2.24, 2.45) is 11.3 Å². The third kappa shape index (κ3) is 4.04. The Balaban J connectivity index is 1.45. The molecule has 2 aliphatic carbocycles. The van der Waals surface area contributed by atoms with Crippen molar-refractivity contribution in [1.82, 2.24) is 4.98 Å². The zero-order chi connectivity index (χ0) is 23.3. The minimum atomic E-state index is -0.242. The molecule has 7 heteroatoms. The molecule has 0 aromatic carbocycles. The number of nitriles is 1. The highest BCUT2D eigenvalue weighted by atomic mass is 32.1. The van der Waals surface area contributed by atoms with Crippen molar-refractivity contribution in [1.29, 1.82) is 5.26 Å². The summed E-state index contributed by atoms with van der Waals surface area (Å²) in [6, 6.07) is 4.50. The quantitative estimate of drug-likeness (QED) is 0.412. The number of nitrogen functional groups attached to an aromatic ring is 1. The van der Waals surface area contributed by atoms with Crippen molar-refractivity contribution in [3.05, 3.63) is 38.2 Å². The Kier molecular flexibility index (Phi) is 5.70. The van der Waals surface area contributed by atoms with E-state index in [4.69, 9.17) is 10.7 Å². The summed E-state index contributed by atoms with van der Waals surface area (Å²) in [5.41, 5.74) is 11.3. The largest absolute Gasteiger partial charge is 0.397 e. The van der Waals surface area contributed by atoms with Crippen molar-refractivity contribution < 1.29 is 4.79 Å². The number of amides is 1. The van der Waals surface area contributed by atoms with Crippen LogP contribution in [0.5, 0.6) is 0 Å². The maximum absolute atomic E-state index is 13.3. The van der Waals surface area contributed by atoms with E-state index < -0.39 is 0 Å². The number of thiophene rings is 2. The summed E-state index contributed by atoms with van der Waals surface area (Å²) in [6.45, 7) is 6.84. The normalized spacial score (nSPS) is 18.3. The Labute approximate surface area is 203 Å². The molecule has 172 valence electrons. The van der Waals surface area contributed by atoms with Crippen LogP contribution >= 0.6 is 22.7 Å². The van der Waals surface area contributed by atoms with E-state index in [1.807, 2.05) is 0 Å². The van der Waals surface area contributed by atoms with E-state index in [0.29, 0.717) is 27.0 Å². The number of aromatic nitrogens is 1. The van der Waals surface area contributed by atoms with Gasteiger partial charge in [-0.05, 0) is 73.5 Å². The van der Waals surface area contributed by atoms with Crippen LogP contribution < -0.4 is 11.1 Å². The van der Waals surface area contributed by atoms with Gasteiger partial charge in [0.2, 0.25) is 0 Å². The molecule has 0 aliphatic heterocycles. The Hall–Kier alpha value is -2.43. The number of nitrogens with one attached hydrogen (secondary N) is 1. The lowest BCUT2D eigenvalue weighted by Crippen LogP contribution is -2.26. The number of aryl methyl sites for hydroxylation is 2. The van der Waals surface area contributed by atoms with Crippen molar-refractivity contribution in [2.45, 2.75) is 72.1 Å². The van der Waals surface area contributed by atoms with E-state index >= 15 is 0 Å². The number of hydrogen-bond donors (Lipinski definition) is 2. The molecule has 3 heterocycles. The molecule has 0 bridgehead atoms. The van der Waals surface area contributed by atoms with Gasteiger partial charge in [-0.25, -0.2) is 4.98 Å². The smallest absolute Gasteiger partial charge is 0.268 e. The van der Waals surface area contributed by atoms with E-state index in [1.54, 1.807) is 11.3 Å². The molecule has 3 aromatic heterocycles. The number of anilines is 2. The van der Waals surface area contributed by atoms with Crippen LogP contribution in [-0.4, -0.2) is 10.9 Å². The molecule has 0 spiro atoms. The number of hydrogen-bond acceptors (Lipinski definition) is 6. The first kappa shape index (κ1) is 22.4. The molecule has 3 N–H and O–H groups in total. The summed E-state index contributed by atoms with van der Waals surface area (Å²) in [5.74, 6) is 0.339. The lowest BCUT2D eigenvalue weighted by atomic mass is 9.72. The fraction of sp³-hybridized carbons (Fsp3) is 0.500. The number of carbonyl (C=O) groups excluding carboxylic acids is 1. The van der Waals surface area contributed by atoms with Crippen LogP contribution in [0.1, 0.15) is 83.4 Å². The van der Waals surface area contributed by atoms with Gasteiger partial charge in [0, 0.05) is 16.0 Å². The first-order valence-corrected chi connectivity index (χ1v) is 13.5. The van der Waals surface area contributed by atoms with Gasteiger partial charge in [-0.3, -0.25) is 4.79 Å². The molecule has 0 saturated carbocycles. The number of rotatable bonds is 2. The summed E-state index contributed by atoms with van der Waals surface area (Å²) < 4.78 is 0. The molecule has 3 aromatic rings. The zero-order valence-corrected chi connectivity index (χ0v) is 21.1. The number of nitrogens with two attached hydrogens (primary N) is 1. The molecule has 2 aliphatic rings. The molecule has 5 nitrogen and oxygen atoms in total. The van der Waals surface area contributed by atoms with Gasteiger partial charge in [-0.15, -0.1) is 22.7 Å². The SMILES string of the molecule is CC(C)(C)C1CCc2c(sc(NC(=O)c3sc4nc5c(cc4c3N)CCCCC5)c2C#N)C1. The standard InChI is InChI=1S/C26H30N4OS2/c1-26(2,3)15-9-10-16-18(13-27)25(32-20(16)12-15)30-23(31)22-21(28)17-11-14-7-5-4-6-8-19(14)29-24(17)33-22/h11,15H,4-10,12,28H2,1-3H3,(H,30,31). The van der Waals surface area contributed by atoms with Crippen LogP contribution in [0.25, 0.3) is 10.2 Å². The summed E-state index contributed by atoms with van der Waals surface area (Å²) in [6.07, 6.45) is 8.53. The van der Waals surface area contributed by atoms with Gasteiger partial charge in [0.1, 0.15) is 20.8 Å². The second kappa shape index (κ2) is 8.41. The maximum Gasteiger partial charge on any atom is 0.268 e. The number of fused-ring (bicyclic) bond motifs is 3. The van der Waals surface area contributed by atoms with E-state index in [1.165, 1.54) is 34.6 Å². The molecule has 0 fully saturated rings. The predicted octanol–water partition coefficient (Wildman–Crippen LogP) is 6.48. The molecule has 1 amide bonds. The molecular formula is C26H30N4OS2. The molecule has 1 unspecified atom stereocenters. The summed E-state index contributed by atoms with van der Waals surface area (Å²) in [7, 11) is 0. The number of nitrogens with zero attached hydrogens (tertiary/aromatic N) is 2. The monoisotopic (exact) mass is 478 g/mol. The highest BCUT2D eigenvalue weighted by Crippen LogP contribution is 2.44. The van der Waals surface area contributed by atoms with Gasteiger partial charge in [0.15, 0.2) is 0 Å². The van der Waals surface area contributed by atoms with E-state index in [0.717, 1.165) is 60.0 Å². The summed E-state index contributed by atoms with van der Waals surface area (Å²) in [4.78, 5) is 20.7. The summed E-state index contributed by atoms with van der Waals surface area (Å²) >= 11 is 2.92. The third-order valence-corrected chi connectivity index (χ3v) is 9.57. The first-order valence-electron chi connectivity index (χ1n) is 11.8. The van der Waals surface area contributed by atoms with Crippen molar-refractivity contribution in [2.75, 3.05) is 11.1 Å². The van der Waals surface area contributed by atoms with E-state index in [2.05, 4.69) is 38.2 Å². The molecule has 1 atom stereocenters. The van der Waals surface area contributed by atoms with Gasteiger partial charge in [-0.2, -0.15) is 5.26 Å². The fourth-order valence-corrected chi connectivity index (χ4v) is 7.46. The fourth-order valence-electron chi connectivity index (χ4n) is 5.20. The van der Waals surface area contributed by atoms with Crippen LogP contribution in [0.3, 0.4) is 0 Å². The average molecular weight is 479 g/mol. The third-order valence-electron chi connectivity index (χ3n) is 7.28. The minimum absolute atomic E-state index is 0.231. The molecular weight excluding hydrogens is 448 g/mol. The first-order chi connectivity index (χ1) is 15.8. The second-order valence-electron chi connectivity index (χ2n) is 10.4. The lowest BCUT2D eigenvalue weighted by Gasteiger charge is -2.33. The average Bonchev–Trinajstić information content (AvgIpc) is 3.17. The number of pyridine rings is 1. The lowest BCUT2D eigenvalue weighted by molar-refractivity contribution is 0.103. The Morgan fingerprint density at radius 2 is 2.00 bits per heavy atom. The number of carbonyl (C=O) groups is 1. The maximum atomic E-state index is 13.3. The highest BCUT2D eigenvalue weighted by molar-refractivity contribution is 7.21. The molecule has 0 saturated heterocycles. The Morgan fingerprint density at radius 3 is 2.76 bits per heavy atom. The Bertz CT molecular complexity index is 1290. The van der Waals surface area contributed by atoms with Gasteiger partial charge >= 0.3 is 0 Å². The van der Waals surface area contributed by atoms with Crippen LogP contribution in [0.2, 0.25) is 0 Å².